The molecular formula is C19H18N2O4. The molecular weight excluding hydrogens is 320 g/mol. The van der Waals surface area contributed by atoms with Crippen molar-refractivity contribution in [2.24, 2.45) is 0 Å². The summed E-state index contributed by atoms with van der Waals surface area (Å²) >= 11 is 0. The van der Waals surface area contributed by atoms with Crippen LogP contribution in [-0.2, 0) is 9.59 Å². The first-order chi connectivity index (χ1) is 12.1. The molecule has 6 heteroatoms. The highest BCUT2D eigenvalue weighted by atomic mass is 16.7. The fraction of sp³-hybridized carbons (Fsp3) is 0.158. The zero-order chi connectivity index (χ0) is 17.6. The Bertz CT molecular complexity index is 802. The van der Waals surface area contributed by atoms with Crippen molar-refractivity contribution in [2.45, 2.75) is 13.0 Å². The lowest BCUT2D eigenvalue weighted by molar-refractivity contribution is -0.123. The molecule has 0 spiro atoms. The van der Waals surface area contributed by atoms with E-state index in [2.05, 4.69) is 10.6 Å². The molecule has 0 aliphatic carbocycles. The molecule has 0 unspecified atom stereocenters. The van der Waals surface area contributed by atoms with E-state index in [9.17, 15) is 9.59 Å². The van der Waals surface area contributed by atoms with Crippen LogP contribution >= 0.6 is 0 Å². The molecule has 2 aromatic carbocycles. The van der Waals surface area contributed by atoms with Gasteiger partial charge in [0, 0.05) is 17.8 Å². The molecule has 0 fully saturated rings. The van der Waals surface area contributed by atoms with Gasteiger partial charge in [0.1, 0.15) is 6.04 Å². The summed E-state index contributed by atoms with van der Waals surface area (Å²) in [6.07, 6.45) is 3.09. The van der Waals surface area contributed by atoms with Crippen LogP contribution < -0.4 is 20.1 Å². The summed E-state index contributed by atoms with van der Waals surface area (Å²) in [7, 11) is 0. The van der Waals surface area contributed by atoms with Gasteiger partial charge in [0.15, 0.2) is 11.5 Å². The molecule has 0 aromatic heterocycles. The van der Waals surface area contributed by atoms with E-state index in [1.165, 1.54) is 6.08 Å². The number of carbonyl (C=O) groups excluding carboxylic acids is 2. The van der Waals surface area contributed by atoms with Crippen LogP contribution in [0.4, 0.5) is 5.69 Å². The van der Waals surface area contributed by atoms with E-state index >= 15 is 0 Å². The first kappa shape index (κ1) is 16.6. The van der Waals surface area contributed by atoms with Gasteiger partial charge in [-0.3, -0.25) is 9.59 Å². The van der Waals surface area contributed by atoms with Gasteiger partial charge in [-0.2, -0.15) is 0 Å². The molecule has 6 nitrogen and oxygen atoms in total. The molecule has 3 rings (SSSR count). The molecule has 0 saturated carbocycles. The highest BCUT2D eigenvalue weighted by Gasteiger charge is 2.17. The quantitative estimate of drug-likeness (QED) is 0.822. The Hall–Kier alpha value is -3.28. The fourth-order valence-electron chi connectivity index (χ4n) is 2.29. The Kier molecular flexibility index (Phi) is 4.99. The molecule has 1 heterocycles. The van der Waals surface area contributed by atoms with E-state index in [0.717, 1.165) is 5.56 Å². The summed E-state index contributed by atoms with van der Waals surface area (Å²) in [4.78, 5) is 24.1. The van der Waals surface area contributed by atoms with E-state index in [1.54, 1.807) is 31.2 Å². The van der Waals surface area contributed by atoms with E-state index in [0.29, 0.717) is 17.2 Å². The predicted molar refractivity (Wildman–Crippen MR) is 94.3 cm³/mol. The van der Waals surface area contributed by atoms with E-state index in [4.69, 9.17) is 9.47 Å². The highest BCUT2D eigenvalue weighted by molar-refractivity contribution is 5.99. The molecule has 2 amide bonds. The molecule has 2 aromatic rings. The molecule has 1 atom stereocenters. The summed E-state index contributed by atoms with van der Waals surface area (Å²) in [6, 6.07) is 13.9. The van der Waals surface area contributed by atoms with Crippen LogP contribution in [0.2, 0.25) is 0 Å². The number of carbonyl (C=O) groups is 2. The van der Waals surface area contributed by atoms with Gasteiger partial charge in [0.2, 0.25) is 18.6 Å². The minimum absolute atomic E-state index is 0.174. The molecule has 128 valence electrons. The van der Waals surface area contributed by atoms with Crippen molar-refractivity contribution in [3.63, 3.8) is 0 Å². The maximum absolute atomic E-state index is 12.2. The first-order valence-corrected chi connectivity index (χ1v) is 7.86. The van der Waals surface area contributed by atoms with Crippen molar-refractivity contribution >= 4 is 23.6 Å². The van der Waals surface area contributed by atoms with Crippen LogP contribution in [-0.4, -0.2) is 24.6 Å². The van der Waals surface area contributed by atoms with Gasteiger partial charge in [0.05, 0.1) is 0 Å². The van der Waals surface area contributed by atoms with Gasteiger partial charge in [0.25, 0.3) is 0 Å². The molecule has 2 N–H and O–H groups in total. The summed E-state index contributed by atoms with van der Waals surface area (Å²) in [6.45, 7) is 1.80. The van der Waals surface area contributed by atoms with Crippen molar-refractivity contribution in [1.82, 2.24) is 5.32 Å². The van der Waals surface area contributed by atoms with Gasteiger partial charge < -0.3 is 20.1 Å². The lowest BCUT2D eigenvalue weighted by Gasteiger charge is -2.13. The van der Waals surface area contributed by atoms with Crippen LogP contribution in [0.1, 0.15) is 12.5 Å². The summed E-state index contributed by atoms with van der Waals surface area (Å²) < 4.78 is 10.5. The van der Waals surface area contributed by atoms with Crippen LogP contribution in [0, 0.1) is 0 Å². The van der Waals surface area contributed by atoms with Gasteiger partial charge in [-0.1, -0.05) is 30.3 Å². The van der Waals surface area contributed by atoms with Crippen LogP contribution in [0.3, 0.4) is 0 Å². The minimum Gasteiger partial charge on any atom is -0.454 e. The normalized spacial score (nSPS) is 13.5. The zero-order valence-corrected chi connectivity index (χ0v) is 13.7. The van der Waals surface area contributed by atoms with Crippen molar-refractivity contribution in [1.29, 1.82) is 0 Å². The van der Waals surface area contributed by atoms with Crippen LogP contribution in [0.25, 0.3) is 6.08 Å². The Morgan fingerprint density at radius 2 is 1.84 bits per heavy atom. The third kappa shape index (κ3) is 4.38. The zero-order valence-electron chi connectivity index (χ0n) is 13.7. The number of anilines is 1. The second-order valence-corrected chi connectivity index (χ2v) is 5.53. The SMILES string of the molecule is C[C@H](NC(=O)/C=C/c1ccccc1)C(=O)Nc1ccc2c(c1)OCO2. The van der Waals surface area contributed by atoms with E-state index < -0.39 is 6.04 Å². The summed E-state index contributed by atoms with van der Waals surface area (Å²) in [5, 5.41) is 5.37. The standard InChI is InChI=1S/C19H18N2O4/c1-13(20-18(22)10-7-14-5-3-2-4-6-14)19(23)21-15-8-9-16-17(11-15)25-12-24-16/h2-11,13H,12H2,1H3,(H,20,22)(H,21,23)/b10-7+/t13-/m0/s1. The first-order valence-electron chi connectivity index (χ1n) is 7.86. The fourth-order valence-corrected chi connectivity index (χ4v) is 2.29. The summed E-state index contributed by atoms with van der Waals surface area (Å²) in [5.74, 6) is 0.572. The number of fused-ring (bicyclic) bond motifs is 1. The Labute approximate surface area is 145 Å². The Morgan fingerprint density at radius 1 is 1.08 bits per heavy atom. The van der Waals surface area contributed by atoms with Crippen molar-refractivity contribution in [3.8, 4) is 11.5 Å². The van der Waals surface area contributed by atoms with Gasteiger partial charge >= 0.3 is 0 Å². The molecule has 25 heavy (non-hydrogen) atoms. The monoisotopic (exact) mass is 338 g/mol. The highest BCUT2D eigenvalue weighted by Crippen LogP contribution is 2.34. The Morgan fingerprint density at radius 3 is 2.64 bits per heavy atom. The van der Waals surface area contributed by atoms with Gasteiger partial charge in [-0.25, -0.2) is 0 Å². The maximum atomic E-state index is 12.2. The smallest absolute Gasteiger partial charge is 0.246 e. The van der Waals surface area contributed by atoms with E-state index in [1.807, 2.05) is 30.3 Å². The van der Waals surface area contributed by atoms with Gasteiger partial charge in [-0.15, -0.1) is 0 Å². The molecule has 0 bridgehead atoms. The number of rotatable bonds is 5. The molecule has 1 aliphatic rings. The average molecular weight is 338 g/mol. The van der Waals surface area contributed by atoms with Crippen LogP contribution in [0.5, 0.6) is 11.5 Å². The summed E-state index contributed by atoms with van der Waals surface area (Å²) in [5.41, 5.74) is 1.49. The predicted octanol–water partition coefficient (Wildman–Crippen LogP) is 2.57. The number of hydrogen-bond donors (Lipinski definition) is 2. The second kappa shape index (κ2) is 7.53. The molecule has 1 aliphatic heterocycles. The van der Waals surface area contributed by atoms with Crippen molar-refractivity contribution in [2.75, 3.05) is 12.1 Å². The van der Waals surface area contributed by atoms with Crippen molar-refractivity contribution in [3.05, 3.63) is 60.2 Å². The maximum Gasteiger partial charge on any atom is 0.246 e. The minimum atomic E-state index is -0.682. The van der Waals surface area contributed by atoms with Gasteiger partial charge in [-0.05, 0) is 30.7 Å². The number of ether oxygens (including phenoxy) is 2. The lowest BCUT2D eigenvalue weighted by Crippen LogP contribution is -2.40. The number of amides is 2. The average Bonchev–Trinajstić information content (AvgIpc) is 3.08. The number of benzene rings is 2. The Balaban J connectivity index is 1.53. The lowest BCUT2D eigenvalue weighted by atomic mass is 10.2. The number of nitrogens with one attached hydrogen (secondary N) is 2. The molecule has 0 saturated heterocycles. The number of hydrogen-bond acceptors (Lipinski definition) is 4. The van der Waals surface area contributed by atoms with Crippen molar-refractivity contribution < 1.29 is 19.1 Å². The third-order valence-electron chi connectivity index (χ3n) is 3.62. The molecule has 0 radical (unpaired) electrons. The topological polar surface area (TPSA) is 76.7 Å². The van der Waals surface area contributed by atoms with Crippen LogP contribution in [0.15, 0.2) is 54.6 Å². The third-order valence-corrected chi connectivity index (χ3v) is 3.62. The van der Waals surface area contributed by atoms with E-state index in [-0.39, 0.29) is 18.6 Å². The second-order valence-electron chi connectivity index (χ2n) is 5.53. The largest absolute Gasteiger partial charge is 0.454 e.